The molecule has 194 valence electrons. The Morgan fingerprint density at radius 1 is 0.605 bits per heavy atom. The molecule has 0 aliphatic heterocycles. The summed E-state index contributed by atoms with van der Waals surface area (Å²) in [5.74, 6) is 0.798. The second-order valence-corrected chi connectivity index (χ2v) is 9.94. The van der Waals surface area contributed by atoms with Crippen molar-refractivity contribution >= 4 is 11.9 Å². The summed E-state index contributed by atoms with van der Waals surface area (Å²) in [6.07, 6.45) is 0. The first-order valence-corrected chi connectivity index (χ1v) is 12.5. The molecule has 4 aromatic carbocycles. The maximum atomic E-state index is 12.8. The monoisotopic (exact) mass is 508 g/mol. The molecule has 0 spiro atoms. The number of aryl methyl sites for hydroxylation is 3. The molecule has 38 heavy (non-hydrogen) atoms. The molecule has 0 N–H and O–H groups in total. The van der Waals surface area contributed by atoms with Gasteiger partial charge in [-0.25, -0.2) is 9.59 Å². The maximum absolute atomic E-state index is 12.8. The van der Waals surface area contributed by atoms with Gasteiger partial charge in [-0.05, 0) is 103 Å². The Labute approximate surface area is 224 Å². The number of ether oxygens (including phenoxy) is 3. The van der Waals surface area contributed by atoms with Gasteiger partial charge in [0.15, 0.2) is 0 Å². The van der Waals surface area contributed by atoms with E-state index in [1.54, 1.807) is 48.5 Å². The fraction of sp³-hybridized carbons (Fsp3) is 0.212. The number of hydrogen-bond donors (Lipinski definition) is 0. The Kier molecular flexibility index (Phi) is 7.67. The van der Waals surface area contributed by atoms with E-state index >= 15 is 0 Å². The zero-order valence-electron chi connectivity index (χ0n) is 22.6. The quantitative estimate of drug-likeness (QED) is 0.189. The van der Waals surface area contributed by atoms with Crippen LogP contribution in [0.2, 0.25) is 0 Å². The standard InChI is InChI=1S/C33H32O5/c1-21-7-12-26(19-22(21)2)33(4,5)27-13-18-30(23(3)20-27)38-32(35)25-10-16-29(17-11-25)37-28-14-8-24(9-15-28)31(34)36-6/h7-20H,1-6H3. The molecule has 5 nitrogen and oxygen atoms in total. The van der Waals surface area contributed by atoms with Crippen LogP contribution in [0.4, 0.5) is 0 Å². The van der Waals surface area contributed by atoms with Gasteiger partial charge in [-0.1, -0.05) is 44.2 Å². The van der Waals surface area contributed by atoms with Crippen LogP contribution in [0.15, 0.2) is 84.9 Å². The molecule has 0 saturated heterocycles. The predicted octanol–water partition coefficient (Wildman–Crippen LogP) is 7.74. The van der Waals surface area contributed by atoms with E-state index in [0.29, 0.717) is 28.4 Å². The minimum Gasteiger partial charge on any atom is -0.465 e. The van der Waals surface area contributed by atoms with Gasteiger partial charge >= 0.3 is 11.9 Å². The highest BCUT2D eigenvalue weighted by atomic mass is 16.5. The summed E-state index contributed by atoms with van der Waals surface area (Å²) < 4.78 is 16.2. The molecule has 0 heterocycles. The van der Waals surface area contributed by atoms with Gasteiger partial charge < -0.3 is 14.2 Å². The third-order valence-electron chi connectivity index (χ3n) is 6.93. The van der Waals surface area contributed by atoms with Gasteiger partial charge in [0, 0.05) is 5.41 Å². The van der Waals surface area contributed by atoms with Crippen LogP contribution in [0.5, 0.6) is 17.2 Å². The summed E-state index contributed by atoms with van der Waals surface area (Å²) in [6.45, 7) is 10.6. The zero-order chi connectivity index (χ0) is 27.4. The lowest BCUT2D eigenvalue weighted by atomic mass is 9.77. The van der Waals surface area contributed by atoms with Crippen molar-refractivity contribution in [2.45, 2.75) is 40.0 Å². The minimum atomic E-state index is -0.441. The van der Waals surface area contributed by atoms with Gasteiger partial charge in [0.2, 0.25) is 0 Å². The second-order valence-electron chi connectivity index (χ2n) is 9.94. The predicted molar refractivity (Wildman–Crippen MR) is 148 cm³/mol. The number of carbonyl (C=O) groups is 2. The molecule has 0 aromatic heterocycles. The molecule has 0 amide bonds. The van der Waals surface area contributed by atoms with E-state index in [9.17, 15) is 9.59 Å². The topological polar surface area (TPSA) is 61.8 Å². The Balaban J connectivity index is 1.43. The average molecular weight is 509 g/mol. The van der Waals surface area contributed by atoms with Crippen LogP contribution in [0.1, 0.15) is 62.4 Å². The van der Waals surface area contributed by atoms with Crippen LogP contribution in [0.25, 0.3) is 0 Å². The highest BCUT2D eigenvalue weighted by Crippen LogP contribution is 2.35. The first-order chi connectivity index (χ1) is 18.1. The number of benzene rings is 4. The van der Waals surface area contributed by atoms with Gasteiger partial charge in [-0.2, -0.15) is 0 Å². The summed E-state index contributed by atoms with van der Waals surface area (Å²) in [4.78, 5) is 24.4. The summed E-state index contributed by atoms with van der Waals surface area (Å²) in [5.41, 5.74) is 6.49. The van der Waals surface area contributed by atoms with Crippen molar-refractivity contribution < 1.29 is 23.8 Å². The fourth-order valence-electron chi connectivity index (χ4n) is 4.18. The van der Waals surface area contributed by atoms with E-state index in [0.717, 1.165) is 11.1 Å². The Hall–Kier alpha value is -4.38. The normalized spacial score (nSPS) is 11.1. The lowest BCUT2D eigenvalue weighted by molar-refractivity contribution is 0.0600. The first-order valence-electron chi connectivity index (χ1n) is 12.5. The molecular formula is C33H32O5. The van der Waals surface area contributed by atoms with Crippen molar-refractivity contribution in [2.24, 2.45) is 0 Å². The van der Waals surface area contributed by atoms with Crippen molar-refractivity contribution in [1.29, 1.82) is 0 Å². The molecule has 0 unspecified atom stereocenters. The van der Waals surface area contributed by atoms with Crippen LogP contribution in [-0.4, -0.2) is 19.0 Å². The van der Waals surface area contributed by atoms with Gasteiger partial charge in [-0.15, -0.1) is 0 Å². The molecule has 0 radical (unpaired) electrons. The van der Waals surface area contributed by atoms with E-state index in [-0.39, 0.29) is 5.41 Å². The molecule has 5 heteroatoms. The molecule has 0 bridgehead atoms. The van der Waals surface area contributed by atoms with Crippen LogP contribution < -0.4 is 9.47 Å². The first kappa shape index (κ1) is 26.7. The number of carbonyl (C=O) groups excluding carboxylic acids is 2. The lowest BCUT2D eigenvalue weighted by Crippen LogP contribution is -2.19. The Morgan fingerprint density at radius 2 is 1.11 bits per heavy atom. The number of esters is 2. The third kappa shape index (κ3) is 5.78. The van der Waals surface area contributed by atoms with Gasteiger partial charge in [0.05, 0.1) is 18.2 Å². The summed E-state index contributed by atoms with van der Waals surface area (Å²) in [7, 11) is 1.34. The van der Waals surface area contributed by atoms with E-state index in [1.807, 2.05) is 19.1 Å². The van der Waals surface area contributed by atoms with Crippen molar-refractivity contribution in [1.82, 2.24) is 0 Å². The minimum absolute atomic E-state index is 0.193. The smallest absolute Gasteiger partial charge is 0.343 e. The molecule has 4 rings (SSSR count). The highest BCUT2D eigenvalue weighted by Gasteiger charge is 2.24. The van der Waals surface area contributed by atoms with E-state index in [4.69, 9.17) is 14.2 Å². The second kappa shape index (κ2) is 10.9. The highest BCUT2D eigenvalue weighted by molar-refractivity contribution is 5.91. The average Bonchev–Trinajstić information content (AvgIpc) is 2.91. The SMILES string of the molecule is COC(=O)c1ccc(Oc2ccc(C(=O)Oc3ccc(C(C)(C)c4ccc(C)c(C)c4)cc3C)cc2)cc1. The molecule has 0 saturated carbocycles. The third-order valence-corrected chi connectivity index (χ3v) is 6.93. The Morgan fingerprint density at radius 3 is 1.61 bits per heavy atom. The molecule has 0 fully saturated rings. The summed E-state index contributed by atoms with van der Waals surface area (Å²) in [6, 6.07) is 25.9. The van der Waals surface area contributed by atoms with E-state index < -0.39 is 11.9 Å². The van der Waals surface area contributed by atoms with Gasteiger partial charge in [0.25, 0.3) is 0 Å². The van der Waals surface area contributed by atoms with Crippen molar-refractivity contribution in [3.63, 3.8) is 0 Å². The molecule has 0 aliphatic rings. The molecule has 0 aliphatic carbocycles. The maximum Gasteiger partial charge on any atom is 0.343 e. The van der Waals surface area contributed by atoms with Crippen LogP contribution in [0, 0.1) is 20.8 Å². The van der Waals surface area contributed by atoms with E-state index in [1.165, 1.54) is 23.8 Å². The fourth-order valence-corrected chi connectivity index (χ4v) is 4.18. The molecular weight excluding hydrogens is 476 g/mol. The molecule has 0 atom stereocenters. The van der Waals surface area contributed by atoms with E-state index in [2.05, 4.69) is 52.0 Å². The molecule has 4 aromatic rings. The van der Waals surface area contributed by atoms with Gasteiger partial charge in [0.1, 0.15) is 17.2 Å². The number of rotatable bonds is 7. The lowest BCUT2D eigenvalue weighted by Gasteiger charge is -2.27. The van der Waals surface area contributed by atoms with Crippen molar-refractivity contribution in [3.05, 3.63) is 124 Å². The number of methoxy groups -OCH3 is 1. The zero-order valence-corrected chi connectivity index (χ0v) is 22.6. The van der Waals surface area contributed by atoms with Gasteiger partial charge in [-0.3, -0.25) is 0 Å². The van der Waals surface area contributed by atoms with Crippen molar-refractivity contribution in [2.75, 3.05) is 7.11 Å². The largest absolute Gasteiger partial charge is 0.465 e. The summed E-state index contributed by atoms with van der Waals surface area (Å²) in [5, 5.41) is 0. The number of hydrogen-bond acceptors (Lipinski definition) is 5. The van der Waals surface area contributed by atoms with Crippen LogP contribution in [-0.2, 0) is 10.2 Å². The van der Waals surface area contributed by atoms with Crippen LogP contribution >= 0.6 is 0 Å². The van der Waals surface area contributed by atoms with Crippen molar-refractivity contribution in [3.8, 4) is 17.2 Å². The van der Waals surface area contributed by atoms with Crippen LogP contribution in [0.3, 0.4) is 0 Å². The summed E-state index contributed by atoms with van der Waals surface area (Å²) >= 11 is 0. The Bertz CT molecular complexity index is 1460.